The second-order valence-electron chi connectivity index (χ2n) is 4.95. The highest BCUT2D eigenvalue weighted by Crippen LogP contribution is 2.12. The standard InChI is InChI=1S/C15H25N3O2/c1-4-6-13(16)15(19)18-10-12-7-8-17-14(9-12)20-11(3)5-2/h7-9,11,13H,4-6,10,16H2,1-3H3,(H,18,19). The second-order valence-corrected chi connectivity index (χ2v) is 4.95. The molecular weight excluding hydrogens is 254 g/mol. The van der Waals surface area contributed by atoms with Crippen molar-refractivity contribution in [1.82, 2.24) is 10.3 Å². The summed E-state index contributed by atoms with van der Waals surface area (Å²) >= 11 is 0. The lowest BCUT2D eigenvalue weighted by molar-refractivity contribution is -0.122. The molecule has 1 amide bonds. The first kappa shape index (κ1) is 16.4. The number of amides is 1. The molecule has 112 valence electrons. The summed E-state index contributed by atoms with van der Waals surface area (Å²) in [4.78, 5) is 15.9. The summed E-state index contributed by atoms with van der Waals surface area (Å²) in [5, 5.41) is 2.83. The van der Waals surface area contributed by atoms with Crippen molar-refractivity contribution in [2.45, 2.75) is 58.7 Å². The number of nitrogens with zero attached hydrogens (tertiary/aromatic N) is 1. The summed E-state index contributed by atoms with van der Waals surface area (Å²) in [5.74, 6) is 0.469. The third-order valence-electron chi connectivity index (χ3n) is 3.10. The number of carbonyl (C=O) groups is 1. The van der Waals surface area contributed by atoms with Crippen molar-refractivity contribution < 1.29 is 9.53 Å². The van der Waals surface area contributed by atoms with E-state index >= 15 is 0 Å². The Hall–Kier alpha value is -1.62. The van der Waals surface area contributed by atoms with Gasteiger partial charge in [0.15, 0.2) is 0 Å². The molecule has 0 aromatic carbocycles. The molecule has 2 atom stereocenters. The van der Waals surface area contributed by atoms with E-state index in [1.54, 1.807) is 6.20 Å². The van der Waals surface area contributed by atoms with Crippen LogP contribution in [0, 0.1) is 0 Å². The molecule has 0 spiro atoms. The molecule has 0 bridgehead atoms. The molecule has 0 saturated carbocycles. The molecule has 0 aliphatic carbocycles. The molecule has 0 fully saturated rings. The maximum atomic E-state index is 11.7. The Morgan fingerprint density at radius 1 is 1.50 bits per heavy atom. The number of aromatic nitrogens is 1. The number of nitrogens with one attached hydrogen (secondary N) is 1. The first-order valence-electron chi connectivity index (χ1n) is 7.21. The zero-order chi connectivity index (χ0) is 15.0. The lowest BCUT2D eigenvalue weighted by Gasteiger charge is -2.13. The van der Waals surface area contributed by atoms with Gasteiger partial charge in [0.05, 0.1) is 12.1 Å². The van der Waals surface area contributed by atoms with E-state index in [1.807, 2.05) is 26.0 Å². The van der Waals surface area contributed by atoms with Crippen LogP contribution in [0.2, 0.25) is 0 Å². The summed E-state index contributed by atoms with van der Waals surface area (Å²) < 4.78 is 5.65. The maximum absolute atomic E-state index is 11.7. The minimum atomic E-state index is -0.433. The van der Waals surface area contributed by atoms with Gasteiger partial charge in [-0.3, -0.25) is 4.79 Å². The number of pyridine rings is 1. The zero-order valence-corrected chi connectivity index (χ0v) is 12.6. The van der Waals surface area contributed by atoms with Gasteiger partial charge in [0, 0.05) is 18.8 Å². The van der Waals surface area contributed by atoms with E-state index in [0.717, 1.165) is 18.4 Å². The fourth-order valence-corrected chi connectivity index (χ4v) is 1.68. The summed E-state index contributed by atoms with van der Waals surface area (Å²) in [6.07, 6.45) is 4.34. The molecule has 0 radical (unpaired) electrons. The lowest BCUT2D eigenvalue weighted by atomic mass is 10.1. The molecule has 0 aliphatic rings. The van der Waals surface area contributed by atoms with Gasteiger partial charge in [0.25, 0.3) is 0 Å². The number of hydrogen-bond donors (Lipinski definition) is 2. The highest BCUT2D eigenvalue weighted by molar-refractivity contribution is 5.81. The fraction of sp³-hybridized carbons (Fsp3) is 0.600. The number of hydrogen-bond acceptors (Lipinski definition) is 4. The number of carbonyl (C=O) groups excluding carboxylic acids is 1. The monoisotopic (exact) mass is 279 g/mol. The number of rotatable bonds is 8. The van der Waals surface area contributed by atoms with E-state index in [9.17, 15) is 4.79 Å². The van der Waals surface area contributed by atoms with Crippen LogP contribution in [0.1, 0.15) is 45.6 Å². The van der Waals surface area contributed by atoms with Crippen molar-refractivity contribution >= 4 is 5.91 Å². The SMILES string of the molecule is CCCC(N)C(=O)NCc1ccnc(OC(C)CC)c1. The Morgan fingerprint density at radius 3 is 2.90 bits per heavy atom. The smallest absolute Gasteiger partial charge is 0.237 e. The average Bonchev–Trinajstić information content (AvgIpc) is 2.45. The molecule has 5 nitrogen and oxygen atoms in total. The lowest BCUT2D eigenvalue weighted by Crippen LogP contribution is -2.40. The second kappa shape index (κ2) is 8.53. The quantitative estimate of drug-likeness (QED) is 0.763. The van der Waals surface area contributed by atoms with Crippen LogP contribution in [-0.2, 0) is 11.3 Å². The third kappa shape index (κ3) is 5.57. The van der Waals surface area contributed by atoms with E-state index < -0.39 is 6.04 Å². The molecule has 5 heteroatoms. The maximum Gasteiger partial charge on any atom is 0.237 e. The minimum absolute atomic E-state index is 0.118. The normalized spacial score (nSPS) is 13.6. The van der Waals surface area contributed by atoms with Gasteiger partial charge in [-0.1, -0.05) is 20.3 Å². The third-order valence-corrected chi connectivity index (χ3v) is 3.10. The minimum Gasteiger partial charge on any atom is -0.475 e. The predicted octanol–water partition coefficient (Wildman–Crippen LogP) is 2.00. The molecule has 1 rings (SSSR count). The van der Waals surface area contributed by atoms with E-state index in [1.165, 1.54) is 0 Å². The van der Waals surface area contributed by atoms with E-state index in [4.69, 9.17) is 10.5 Å². The molecule has 1 heterocycles. The highest BCUT2D eigenvalue weighted by Gasteiger charge is 2.11. The van der Waals surface area contributed by atoms with Crippen molar-refractivity contribution in [1.29, 1.82) is 0 Å². The summed E-state index contributed by atoms with van der Waals surface area (Å²) in [6, 6.07) is 3.27. The summed E-state index contributed by atoms with van der Waals surface area (Å²) in [5.41, 5.74) is 6.71. The van der Waals surface area contributed by atoms with Gasteiger partial charge in [-0.15, -0.1) is 0 Å². The first-order valence-corrected chi connectivity index (χ1v) is 7.21. The summed E-state index contributed by atoms with van der Waals surface area (Å²) in [7, 11) is 0. The van der Waals surface area contributed by atoms with Crippen LogP contribution in [0.4, 0.5) is 0 Å². The van der Waals surface area contributed by atoms with Crippen molar-refractivity contribution in [3.05, 3.63) is 23.9 Å². The van der Waals surface area contributed by atoms with Gasteiger partial charge >= 0.3 is 0 Å². The van der Waals surface area contributed by atoms with Gasteiger partial charge in [0.1, 0.15) is 0 Å². The van der Waals surface area contributed by atoms with E-state index in [2.05, 4.69) is 17.2 Å². The Labute approximate surface area is 120 Å². The van der Waals surface area contributed by atoms with Crippen LogP contribution in [0.3, 0.4) is 0 Å². The van der Waals surface area contributed by atoms with Crippen LogP contribution in [0.5, 0.6) is 5.88 Å². The van der Waals surface area contributed by atoms with Crippen molar-refractivity contribution in [2.75, 3.05) is 0 Å². The molecule has 3 N–H and O–H groups in total. The molecule has 2 unspecified atom stereocenters. The highest BCUT2D eigenvalue weighted by atomic mass is 16.5. The number of ether oxygens (including phenoxy) is 1. The van der Waals surface area contributed by atoms with Gasteiger partial charge < -0.3 is 15.8 Å². The van der Waals surface area contributed by atoms with Crippen LogP contribution in [-0.4, -0.2) is 23.0 Å². The van der Waals surface area contributed by atoms with Crippen LogP contribution in [0.25, 0.3) is 0 Å². The van der Waals surface area contributed by atoms with Crippen molar-refractivity contribution in [3.63, 3.8) is 0 Å². The molecule has 20 heavy (non-hydrogen) atoms. The van der Waals surface area contributed by atoms with Crippen LogP contribution in [0.15, 0.2) is 18.3 Å². The van der Waals surface area contributed by atoms with E-state index in [-0.39, 0.29) is 12.0 Å². The van der Waals surface area contributed by atoms with Crippen LogP contribution >= 0.6 is 0 Å². The molecule has 1 aromatic heterocycles. The van der Waals surface area contributed by atoms with Gasteiger partial charge in [-0.2, -0.15) is 0 Å². The summed E-state index contributed by atoms with van der Waals surface area (Å²) in [6.45, 7) is 6.51. The largest absolute Gasteiger partial charge is 0.475 e. The van der Waals surface area contributed by atoms with Gasteiger partial charge in [-0.25, -0.2) is 4.98 Å². The van der Waals surface area contributed by atoms with Crippen molar-refractivity contribution in [2.24, 2.45) is 5.73 Å². The zero-order valence-electron chi connectivity index (χ0n) is 12.6. The Morgan fingerprint density at radius 2 is 2.25 bits per heavy atom. The molecule has 1 aromatic rings. The van der Waals surface area contributed by atoms with E-state index in [0.29, 0.717) is 18.8 Å². The Kier molecular flexibility index (Phi) is 7.01. The Bertz CT molecular complexity index is 423. The fourth-order valence-electron chi connectivity index (χ4n) is 1.68. The van der Waals surface area contributed by atoms with Crippen LogP contribution < -0.4 is 15.8 Å². The molecular formula is C15H25N3O2. The molecule has 0 aliphatic heterocycles. The van der Waals surface area contributed by atoms with Gasteiger partial charge in [-0.05, 0) is 31.4 Å². The predicted molar refractivity (Wildman–Crippen MR) is 79.3 cm³/mol. The molecule has 0 saturated heterocycles. The Balaban J connectivity index is 2.52. The van der Waals surface area contributed by atoms with Gasteiger partial charge in [0.2, 0.25) is 11.8 Å². The topological polar surface area (TPSA) is 77.2 Å². The first-order chi connectivity index (χ1) is 9.56. The number of nitrogens with two attached hydrogens (primary N) is 1. The average molecular weight is 279 g/mol. The van der Waals surface area contributed by atoms with Crippen molar-refractivity contribution in [3.8, 4) is 5.88 Å².